The number of phosphoric ester groups is 1. The number of carboxylic acids is 1. The molecule has 0 aliphatic rings. The predicted octanol–water partition coefficient (Wildman–Crippen LogP) is 10.3. The molecule has 0 aliphatic heterocycles. The number of ether oxygens (including phenoxy) is 2. The molecule has 0 saturated heterocycles. The highest BCUT2D eigenvalue weighted by Gasteiger charge is 2.28. The highest BCUT2D eigenvalue weighted by molar-refractivity contribution is 7.47. The maximum Gasteiger partial charge on any atom is 0.472 e. The summed E-state index contributed by atoms with van der Waals surface area (Å²) in [6.07, 6.45) is 31.7. The third-order valence-corrected chi connectivity index (χ3v) is 10.1. The van der Waals surface area contributed by atoms with Crippen LogP contribution in [-0.4, -0.2) is 59.9 Å². The minimum atomic E-state index is -4.70. The molecule has 0 aromatic rings. The summed E-state index contributed by atoms with van der Waals surface area (Å²) in [4.78, 5) is 45.8. The number of rotatable bonds is 39. The Labute approximate surface area is 310 Å². The molecule has 302 valence electrons. The molecule has 4 N–H and O–H groups in total. The number of hydrogen-bond donors (Lipinski definition) is 3. The van der Waals surface area contributed by atoms with Crippen molar-refractivity contribution in [1.29, 1.82) is 0 Å². The summed E-state index contributed by atoms with van der Waals surface area (Å²) < 4.78 is 32.6. The third-order valence-electron chi connectivity index (χ3n) is 9.11. The Morgan fingerprint density at radius 1 is 0.529 bits per heavy atom. The normalized spacial score (nSPS) is 13.8. The molecule has 0 bridgehead atoms. The van der Waals surface area contributed by atoms with Gasteiger partial charge in [-0.25, -0.2) is 4.57 Å². The number of carbonyl (C=O) groups excluding carboxylic acids is 2. The first-order chi connectivity index (χ1) is 24.6. The number of hydrogen-bond acceptors (Lipinski definition) is 9. The maximum absolute atomic E-state index is 12.5. The highest BCUT2D eigenvalue weighted by Crippen LogP contribution is 2.43. The van der Waals surface area contributed by atoms with Gasteiger partial charge in [0.25, 0.3) is 0 Å². The Bertz CT molecular complexity index is 890. The van der Waals surface area contributed by atoms with E-state index in [1.54, 1.807) is 0 Å². The standard InChI is InChI=1S/C39H76NO10P/c1-3-5-7-9-11-13-15-16-17-18-19-21-22-24-26-28-30-37(41)47-32-35(33-48-51(45,46)49-34-36(40)39(43)44)50-38(42)31-29-27-25-23-20-14-12-10-8-6-4-2/h35-36H,3-34,40H2,1-2H3,(H,43,44)(H,45,46)/t35-,36+/m0/s1. The number of nitrogens with two attached hydrogens (primary N) is 1. The van der Waals surface area contributed by atoms with E-state index in [1.165, 1.54) is 122 Å². The Morgan fingerprint density at radius 3 is 1.24 bits per heavy atom. The van der Waals surface area contributed by atoms with Gasteiger partial charge >= 0.3 is 25.7 Å². The molecule has 0 amide bonds. The number of phosphoric acid groups is 1. The van der Waals surface area contributed by atoms with Gasteiger partial charge in [0.2, 0.25) is 0 Å². The van der Waals surface area contributed by atoms with E-state index >= 15 is 0 Å². The van der Waals surface area contributed by atoms with E-state index in [0.29, 0.717) is 12.8 Å². The number of carboxylic acid groups (broad SMARTS) is 1. The van der Waals surface area contributed by atoms with E-state index in [2.05, 4.69) is 18.4 Å². The summed E-state index contributed by atoms with van der Waals surface area (Å²) in [6.45, 7) is 2.81. The Hall–Kier alpha value is -1.52. The van der Waals surface area contributed by atoms with Crippen molar-refractivity contribution in [2.75, 3.05) is 19.8 Å². The minimum Gasteiger partial charge on any atom is -0.480 e. The van der Waals surface area contributed by atoms with E-state index < -0.39 is 51.1 Å². The van der Waals surface area contributed by atoms with Crippen LogP contribution in [0, 0.1) is 0 Å². The van der Waals surface area contributed by atoms with Crippen LogP contribution in [0.2, 0.25) is 0 Å². The summed E-state index contributed by atoms with van der Waals surface area (Å²) in [6, 6.07) is -1.51. The second-order valence-electron chi connectivity index (χ2n) is 14.1. The molecular weight excluding hydrogens is 673 g/mol. The minimum absolute atomic E-state index is 0.168. The number of aliphatic carboxylic acids is 1. The molecule has 0 spiro atoms. The molecule has 0 aliphatic carbocycles. The topological polar surface area (TPSA) is 172 Å². The van der Waals surface area contributed by atoms with Gasteiger partial charge in [-0.3, -0.25) is 23.4 Å². The molecule has 0 heterocycles. The van der Waals surface area contributed by atoms with Gasteiger partial charge in [-0.1, -0.05) is 174 Å². The molecule has 1 unspecified atom stereocenters. The number of esters is 2. The molecule has 11 nitrogen and oxygen atoms in total. The zero-order valence-corrected chi connectivity index (χ0v) is 33.4. The second kappa shape index (κ2) is 35.5. The van der Waals surface area contributed by atoms with Crippen molar-refractivity contribution in [2.45, 2.75) is 212 Å². The molecule has 0 aromatic carbocycles. The van der Waals surface area contributed by atoms with Gasteiger partial charge in [0.05, 0.1) is 13.2 Å². The van der Waals surface area contributed by atoms with Crippen molar-refractivity contribution < 1.29 is 47.5 Å². The monoisotopic (exact) mass is 750 g/mol. The van der Waals surface area contributed by atoms with Crippen LogP contribution in [0.1, 0.15) is 200 Å². The van der Waals surface area contributed by atoms with Gasteiger partial charge in [0.15, 0.2) is 6.10 Å². The highest BCUT2D eigenvalue weighted by atomic mass is 31.2. The summed E-state index contributed by atoms with van der Waals surface area (Å²) >= 11 is 0. The summed E-state index contributed by atoms with van der Waals surface area (Å²) in [5.74, 6) is -2.36. The summed E-state index contributed by atoms with van der Waals surface area (Å²) in [5.41, 5.74) is 5.32. The van der Waals surface area contributed by atoms with Gasteiger partial charge in [-0.05, 0) is 12.8 Å². The molecule has 12 heteroatoms. The quantitative estimate of drug-likeness (QED) is 0.0310. The van der Waals surface area contributed by atoms with Gasteiger partial charge < -0.3 is 25.2 Å². The van der Waals surface area contributed by atoms with Crippen LogP contribution in [0.25, 0.3) is 0 Å². The van der Waals surface area contributed by atoms with Crippen molar-refractivity contribution >= 4 is 25.7 Å². The van der Waals surface area contributed by atoms with Gasteiger partial charge in [-0.15, -0.1) is 0 Å². The molecule has 0 saturated carbocycles. The van der Waals surface area contributed by atoms with Gasteiger partial charge in [-0.2, -0.15) is 0 Å². The van der Waals surface area contributed by atoms with Crippen LogP contribution in [0.4, 0.5) is 0 Å². The van der Waals surface area contributed by atoms with Crippen LogP contribution in [-0.2, 0) is 37.5 Å². The second-order valence-corrected chi connectivity index (χ2v) is 15.6. The van der Waals surface area contributed by atoms with Crippen LogP contribution in [0.3, 0.4) is 0 Å². The Kier molecular flexibility index (Phi) is 34.4. The largest absolute Gasteiger partial charge is 0.480 e. The van der Waals surface area contributed by atoms with Crippen molar-refractivity contribution in [1.82, 2.24) is 0 Å². The molecule has 0 rings (SSSR count). The Balaban J connectivity index is 4.32. The fraction of sp³-hybridized carbons (Fsp3) is 0.923. The molecule has 0 fully saturated rings. The predicted molar refractivity (Wildman–Crippen MR) is 203 cm³/mol. The first-order valence-corrected chi connectivity index (χ1v) is 22.1. The van der Waals surface area contributed by atoms with E-state index in [4.69, 9.17) is 24.8 Å². The lowest BCUT2D eigenvalue weighted by molar-refractivity contribution is -0.161. The average molecular weight is 750 g/mol. The van der Waals surface area contributed by atoms with E-state index in [0.717, 1.165) is 38.5 Å². The van der Waals surface area contributed by atoms with E-state index in [-0.39, 0.29) is 19.4 Å². The zero-order chi connectivity index (χ0) is 37.8. The number of carbonyl (C=O) groups is 3. The van der Waals surface area contributed by atoms with Crippen LogP contribution in [0.15, 0.2) is 0 Å². The first kappa shape index (κ1) is 49.5. The third kappa shape index (κ3) is 35.3. The molecule has 0 radical (unpaired) electrons. The fourth-order valence-corrected chi connectivity index (χ4v) is 6.61. The summed E-state index contributed by atoms with van der Waals surface area (Å²) in [5, 5.41) is 8.86. The molecular formula is C39H76NO10P. The molecule has 51 heavy (non-hydrogen) atoms. The van der Waals surface area contributed by atoms with Gasteiger partial charge in [0.1, 0.15) is 12.6 Å². The van der Waals surface area contributed by atoms with Crippen LogP contribution >= 0.6 is 7.82 Å². The van der Waals surface area contributed by atoms with Crippen molar-refractivity contribution in [3.05, 3.63) is 0 Å². The average Bonchev–Trinajstić information content (AvgIpc) is 3.10. The van der Waals surface area contributed by atoms with E-state index in [9.17, 15) is 23.8 Å². The van der Waals surface area contributed by atoms with E-state index in [1.807, 2.05) is 0 Å². The smallest absolute Gasteiger partial charge is 0.472 e. The van der Waals surface area contributed by atoms with Crippen molar-refractivity contribution in [3.63, 3.8) is 0 Å². The zero-order valence-electron chi connectivity index (χ0n) is 32.5. The van der Waals surface area contributed by atoms with Crippen LogP contribution in [0.5, 0.6) is 0 Å². The number of unbranched alkanes of at least 4 members (excludes halogenated alkanes) is 25. The lowest BCUT2D eigenvalue weighted by Gasteiger charge is -2.20. The van der Waals surface area contributed by atoms with Crippen molar-refractivity contribution in [3.8, 4) is 0 Å². The summed E-state index contributed by atoms with van der Waals surface area (Å²) in [7, 11) is -4.70. The van der Waals surface area contributed by atoms with Crippen molar-refractivity contribution in [2.24, 2.45) is 5.73 Å². The van der Waals surface area contributed by atoms with Crippen LogP contribution < -0.4 is 5.73 Å². The SMILES string of the molecule is CCCCCCCCCCCCCCCCCCC(=O)OC[C@@H](COP(=O)(O)OC[C@@H](N)C(=O)O)OC(=O)CCCCCCCCCCCCC. The first-order valence-electron chi connectivity index (χ1n) is 20.6. The molecule has 3 atom stereocenters. The maximum atomic E-state index is 12.5. The van der Waals surface area contributed by atoms with Gasteiger partial charge in [0, 0.05) is 12.8 Å². The lowest BCUT2D eigenvalue weighted by atomic mass is 10.0. The molecule has 0 aromatic heterocycles. The lowest BCUT2D eigenvalue weighted by Crippen LogP contribution is -2.34. The fourth-order valence-electron chi connectivity index (χ4n) is 5.83. The Morgan fingerprint density at radius 2 is 0.863 bits per heavy atom.